The molecule has 8 aromatic heterocycles. The Morgan fingerprint density at radius 2 is 1.14 bits per heavy atom. The molecule has 350 valence electrons. The number of fused-ring (bicyclic) bond motifs is 18. The molecule has 0 N–H and O–H groups in total. The topological polar surface area (TPSA) is 73.2 Å². The van der Waals surface area contributed by atoms with Gasteiger partial charge in [0.15, 0.2) is 0 Å². The normalized spacial score (nSPS) is 11.9. The van der Waals surface area contributed by atoms with Crippen molar-refractivity contribution in [3.63, 3.8) is 0 Å². The van der Waals surface area contributed by atoms with Crippen molar-refractivity contribution in [2.45, 2.75) is 0 Å². The molecule has 0 atom stereocenters. The summed E-state index contributed by atoms with van der Waals surface area (Å²) in [5.41, 5.74) is 16.7. The van der Waals surface area contributed by atoms with Crippen LogP contribution in [0.1, 0.15) is 11.1 Å². The van der Waals surface area contributed by atoms with E-state index in [1.165, 1.54) is 65.0 Å². The van der Waals surface area contributed by atoms with Crippen LogP contribution in [-0.2, 0) is 20.1 Å². The average molecular weight is 1130 g/mol. The van der Waals surface area contributed by atoms with Crippen LogP contribution < -0.4 is 0 Å². The van der Waals surface area contributed by atoms with Crippen molar-refractivity contribution in [2.24, 2.45) is 4.99 Å². The van der Waals surface area contributed by atoms with E-state index in [9.17, 15) is 0 Å². The molecule has 8 heterocycles. The molecular weight excluding hydrogens is 1090 g/mol. The molecule has 0 amide bonds. The zero-order valence-corrected chi connectivity index (χ0v) is 42.2. The van der Waals surface area contributed by atoms with Gasteiger partial charge in [0.1, 0.15) is 16.7 Å². The van der Waals surface area contributed by atoms with E-state index in [4.69, 9.17) is 8.83 Å². The zero-order valence-electron chi connectivity index (χ0n) is 39.9. The number of allylic oxidation sites excluding steroid dienone is 1. The number of para-hydroxylation sites is 3. The number of hydrogen-bond donors (Lipinski definition) is 0. The first-order chi connectivity index (χ1) is 36.1. The van der Waals surface area contributed by atoms with Crippen LogP contribution in [0.15, 0.2) is 222 Å². The van der Waals surface area contributed by atoms with Crippen molar-refractivity contribution in [2.75, 3.05) is 7.05 Å². The minimum absolute atomic E-state index is 0. The molecule has 0 aliphatic rings. The van der Waals surface area contributed by atoms with Crippen LogP contribution in [0.3, 0.4) is 0 Å². The first kappa shape index (κ1) is 44.7. The number of nitrogens with zero attached hydrogens (tertiary/aromatic N) is 5. The van der Waals surface area contributed by atoms with Gasteiger partial charge in [-0.3, -0.25) is 0 Å². The Bertz CT molecular complexity index is 4800. The molecule has 0 aliphatic heterocycles. The molecule has 0 spiro atoms. The summed E-state index contributed by atoms with van der Waals surface area (Å²) in [6.07, 6.45) is 9.03. The van der Waals surface area contributed by atoms with Gasteiger partial charge in [-0.2, -0.15) is 0 Å². The van der Waals surface area contributed by atoms with Gasteiger partial charge in [0.2, 0.25) is 0 Å². The van der Waals surface area contributed by atoms with E-state index >= 15 is 0 Å². The van der Waals surface area contributed by atoms with Crippen LogP contribution >= 0.6 is 0 Å². The molecule has 0 saturated heterocycles. The van der Waals surface area contributed by atoms with Gasteiger partial charge in [-0.1, -0.05) is 108 Å². The second-order valence-corrected chi connectivity index (χ2v) is 18.0. The van der Waals surface area contributed by atoms with Crippen molar-refractivity contribution in [3.8, 4) is 22.5 Å². The van der Waals surface area contributed by atoms with Gasteiger partial charge in [0.05, 0.1) is 17.3 Å². The van der Waals surface area contributed by atoms with Crippen LogP contribution in [0.2, 0.25) is 0 Å². The number of furan rings is 2. The number of hydrogen-bond acceptors (Lipinski definition) is 5. The predicted molar refractivity (Wildman–Crippen MR) is 301 cm³/mol. The fourth-order valence-corrected chi connectivity index (χ4v) is 11.1. The first-order valence-electron chi connectivity index (χ1n) is 24.1. The molecule has 0 aliphatic carbocycles. The molecule has 16 aromatic rings. The van der Waals surface area contributed by atoms with Crippen LogP contribution in [0.5, 0.6) is 0 Å². The summed E-state index contributed by atoms with van der Waals surface area (Å²) in [5, 5.41) is 13.3. The van der Waals surface area contributed by atoms with E-state index in [0.29, 0.717) is 0 Å². The van der Waals surface area contributed by atoms with Crippen molar-refractivity contribution < 1.29 is 28.9 Å². The summed E-state index contributed by atoms with van der Waals surface area (Å²) in [5.74, 6) is 0. The fraction of sp³-hybridized carbons (Fsp3) is 0.0152. The van der Waals surface area contributed by atoms with Crippen LogP contribution in [-0.4, -0.2) is 31.5 Å². The second kappa shape index (κ2) is 17.8. The van der Waals surface area contributed by atoms with E-state index in [-0.39, 0.29) is 20.1 Å². The fourth-order valence-electron chi connectivity index (χ4n) is 11.1. The third-order valence-corrected chi connectivity index (χ3v) is 14.2. The van der Waals surface area contributed by atoms with Crippen molar-refractivity contribution in [3.05, 3.63) is 237 Å². The molecule has 7 nitrogen and oxygen atoms in total. The molecule has 0 unspecified atom stereocenters. The van der Waals surface area contributed by atoms with Crippen molar-refractivity contribution in [1.29, 1.82) is 0 Å². The van der Waals surface area contributed by atoms with Gasteiger partial charge in [-0.15, -0.1) is 90.0 Å². The third-order valence-electron chi connectivity index (χ3n) is 14.2. The minimum Gasteiger partial charge on any atom is -0.464 e. The van der Waals surface area contributed by atoms with Crippen LogP contribution in [0, 0.1) is 18.2 Å². The third kappa shape index (κ3) is 6.73. The predicted octanol–water partition coefficient (Wildman–Crippen LogP) is 16.8. The van der Waals surface area contributed by atoms with E-state index in [0.717, 1.165) is 83.4 Å². The SMILES string of the molecule is C=CC(=NC)c1[c-]cc2c(c1)c1cccc3c4c5c(C=C)coc5ccc4n2c13.[Ir+3].[c-]1cc2c(cc1-c1ccccn1)c1cccc3c4c5c(ccc4n2c13)oc1ccccc15.[c-]1ccccc1-c1ccccn1. The van der Waals surface area contributed by atoms with Gasteiger partial charge in [0.25, 0.3) is 0 Å². The number of pyridine rings is 2. The summed E-state index contributed by atoms with van der Waals surface area (Å²) in [6, 6.07) is 68.1. The molecule has 8 heteroatoms. The number of aromatic nitrogens is 4. The maximum Gasteiger partial charge on any atom is 3.00 e. The molecule has 0 radical (unpaired) electrons. The van der Waals surface area contributed by atoms with E-state index in [1.54, 1.807) is 25.6 Å². The Balaban J connectivity index is 0.000000116. The molecular formula is C66H40IrN5O2. The van der Waals surface area contributed by atoms with E-state index < -0.39 is 0 Å². The van der Waals surface area contributed by atoms with Gasteiger partial charge in [-0.25, -0.2) is 0 Å². The molecule has 8 aromatic carbocycles. The van der Waals surface area contributed by atoms with Gasteiger partial charge in [-0.05, 0) is 81.4 Å². The summed E-state index contributed by atoms with van der Waals surface area (Å²) >= 11 is 0. The van der Waals surface area contributed by atoms with Gasteiger partial charge < -0.3 is 32.6 Å². The Hall–Kier alpha value is -9.20. The number of benzene rings is 8. The maximum absolute atomic E-state index is 6.18. The molecule has 0 fully saturated rings. The van der Waals surface area contributed by atoms with Crippen LogP contribution in [0.25, 0.3) is 138 Å². The minimum atomic E-state index is 0. The molecule has 0 saturated carbocycles. The van der Waals surface area contributed by atoms with E-state index in [1.807, 2.05) is 91.1 Å². The van der Waals surface area contributed by atoms with Crippen LogP contribution in [0.4, 0.5) is 0 Å². The Morgan fingerprint density at radius 1 is 0.527 bits per heavy atom. The van der Waals surface area contributed by atoms with Crippen molar-refractivity contribution >= 4 is 121 Å². The summed E-state index contributed by atoms with van der Waals surface area (Å²) in [7, 11) is 1.78. The number of aliphatic imine (C=N–C) groups is 1. The quantitative estimate of drug-likeness (QED) is 0.127. The Kier molecular flexibility index (Phi) is 10.8. The summed E-state index contributed by atoms with van der Waals surface area (Å²) in [6.45, 7) is 7.84. The summed E-state index contributed by atoms with van der Waals surface area (Å²) in [4.78, 5) is 13.1. The van der Waals surface area contributed by atoms with Gasteiger partial charge >= 0.3 is 20.1 Å². The van der Waals surface area contributed by atoms with Gasteiger partial charge in [0, 0.05) is 73.7 Å². The number of rotatable bonds is 5. The average Bonchev–Trinajstić information content (AvgIpc) is 4.32. The Morgan fingerprint density at radius 3 is 1.78 bits per heavy atom. The zero-order chi connectivity index (χ0) is 48.7. The first-order valence-corrected chi connectivity index (χ1v) is 24.1. The molecule has 16 rings (SSSR count). The smallest absolute Gasteiger partial charge is 0.464 e. The second-order valence-electron chi connectivity index (χ2n) is 18.0. The van der Waals surface area contributed by atoms with E-state index in [2.05, 4.69) is 146 Å². The van der Waals surface area contributed by atoms with Crippen molar-refractivity contribution in [1.82, 2.24) is 18.8 Å². The summed E-state index contributed by atoms with van der Waals surface area (Å²) < 4.78 is 16.7. The largest absolute Gasteiger partial charge is 3.00 e. The maximum atomic E-state index is 6.18. The standard InChI is InChI=1S/C29H15N2O.C26H17N2O.C11H8N.Ir/c1-2-10-25-19(6-1)28-26(32-25)14-13-24-27(28)20-8-5-7-18-21-16-17(22-9-3-4-15-30-22)11-12-23(21)31(24)29(18)20;1-4-15-14-29-23-12-11-22-25(24(15)23)18-8-6-7-17-19-13-16(20(5-2)27-3)9-10-21(19)28(22)26(17)18;1-2-6-10(7-3-1)11-8-4-5-9-12-11;/h1-10,12-16H;4-8,10-14H,1-2H2,3H3;1-6,8-9H;/q3*-1;+3. The Labute approximate surface area is 437 Å². The molecule has 0 bridgehead atoms. The monoisotopic (exact) mass is 1130 g/mol. The molecule has 74 heavy (non-hydrogen) atoms.